The Morgan fingerprint density at radius 2 is 1.76 bits per heavy atom. The minimum atomic E-state index is -1.24. The summed E-state index contributed by atoms with van der Waals surface area (Å²) in [4.78, 5) is 23.4. The fourth-order valence-electron chi connectivity index (χ4n) is 1.82. The highest BCUT2D eigenvalue weighted by molar-refractivity contribution is 6.34. The van der Waals surface area contributed by atoms with Crippen LogP contribution in [0.3, 0.4) is 0 Å². The number of halogens is 2. The lowest BCUT2D eigenvalue weighted by Crippen LogP contribution is -2.34. The predicted molar refractivity (Wildman–Crippen MR) is 75.7 cm³/mol. The lowest BCUT2D eigenvalue weighted by Gasteiger charge is -2.15. The van der Waals surface area contributed by atoms with Crippen LogP contribution in [0.2, 0.25) is 5.02 Å². The molecule has 1 amide bonds. The molecule has 21 heavy (non-hydrogen) atoms. The lowest BCUT2D eigenvalue weighted by atomic mass is 10.1. The third kappa shape index (κ3) is 3.38. The summed E-state index contributed by atoms with van der Waals surface area (Å²) in [5, 5.41) is 11.2. The number of carbonyl (C=O) groups is 2. The lowest BCUT2D eigenvalue weighted by molar-refractivity contribution is -0.139. The summed E-state index contributed by atoms with van der Waals surface area (Å²) in [6, 6.07) is 10.7. The molecule has 0 heterocycles. The van der Waals surface area contributed by atoms with E-state index in [2.05, 4.69) is 5.32 Å². The number of benzene rings is 2. The van der Waals surface area contributed by atoms with Gasteiger partial charge in [-0.1, -0.05) is 48.0 Å². The Balaban J connectivity index is 2.28. The smallest absolute Gasteiger partial charge is 0.330 e. The molecule has 0 spiro atoms. The standard InChI is InChI=1S/C15H11ClFNO3/c16-12-10(7-4-8-11(12)17)14(19)18-13(15(20)21)9-5-2-1-3-6-9/h1-8,13H,(H,18,19)(H,20,21). The van der Waals surface area contributed by atoms with Gasteiger partial charge < -0.3 is 10.4 Å². The third-order valence-electron chi connectivity index (χ3n) is 2.85. The van der Waals surface area contributed by atoms with Crippen LogP contribution >= 0.6 is 11.6 Å². The zero-order valence-electron chi connectivity index (χ0n) is 10.7. The maximum Gasteiger partial charge on any atom is 0.330 e. The summed E-state index contributed by atoms with van der Waals surface area (Å²) in [6.45, 7) is 0. The number of rotatable bonds is 4. The minimum Gasteiger partial charge on any atom is -0.479 e. The van der Waals surface area contributed by atoms with E-state index in [0.29, 0.717) is 5.56 Å². The second-order valence-corrected chi connectivity index (χ2v) is 4.63. The fourth-order valence-corrected chi connectivity index (χ4v) is 2.03. The molecule has 0 aliphatic rings. The summed E-state index contributed by atoms with van der Waals surface area (Å²) in [5.74, 6) is -2.71. The first-order valence-corrected chi connectivity index (χ1v) is 6.41. The van der Waals surface area contributed by atoms with Crippen LogP contribution in [0.25, 0.3) is 0 Å². The Labute approximate surface area is 125 Å². The van der Waals surface area contributed by atoms with Crippen LogP contribution in [0, 0.1) is 5.82 Å². The predicted octanol–water partition coefficient (Wildman–Crippen LogP) is 3.03. The molecule has 0 bridgehead atoms. The van der Waals surface area contributed by atoms with E-state index >= 15 is 0 Å². The van der Waals surface area contributed by atoms with Crippen molar-refractivity contribution < 1.29 is 19.1 Å². The number of nitrogens with one attached hydrogen (secondary N) is 1. The van der Waals surface area contributed by atoms with Gasteiger partial charge in [-0.2, -0.15) is 0 Å². The largest absolute Gasteiger partial charge is 0.479 e. The second kappa shape index (κ2) is 6.37. The van der Waals surface area contributed by atoms with Gasteiger partial charge in [0.25, 0.3) is 5.91 Å². The second-order valence-electron chi connectivity index (χ2n) is 4.26. The molecule has 2 aromatic carbocycles. The highest BCUT2D eigenvalue weighted by Crippen LogP contribution is 2.21. The third-order valence-corrected chi connectivity index (χ3v) is 3.24. The van der Waals surface area contributed by atoms with Gasteiger partial charge >= 0.3 is 5.97 Å². The topological polar surface area (TPSA) is 66.4 Å². The van der Waals surface area contributed by atoms with E-state index in [1.807, 2.05) is 0 Å². The number of hydrogen-bond donors (Lipinski definition) is 2. The number of hydrogen-bond acceptors (Lipinski definition) is 2. The molecule has 2 N–H and O–H groups in total. The van der Waals surface area contributed by atoms with Crippen LogP contribution in [-0.2, 0) is 4.79 Å². The summed E-state index contributed by atoms with van der Waals surface area (Å²) in [7, 11) is 0. The molecule has 1 atom stereocenters. The summed E-state index contributed by atoms with van der Waals surface area (Å²) < 4.78 is 13.3. The van der Waals surface area contributed by atoms with Crippen molar-refractivity contribution in [3.63, 3.8) is 0 Å². The fraction of sp³-hybridized carbons (Fsp3) is 0.0667. The molecular weight excluding hydrogens is 297 g/mol. The highest BCUT2D eigenvalue weighted by Gasteiger charge is 2.24. The molecule has 1 unspecified atom stereocenters. The van der Waals surface area contributed by atoms with Crippen molar-refractivity contribution in [3.05, 3.63) is 70.5 Å². The van der Waals surface area contributed by atoms with E-state index in [9.17, 15) is 19.1 Å². The molecule has 0 radical (unpaired) electrons. The molecule has 4 nitrogen and oxygen atoms in total. The average molecular weight is 308 g/mol. The molecular formula is C15H11ClFNO3. The highest BCUT2D eigenvalue weighted by atomic mass is 35.5. The first kappa shape index (κ1) is 15.0. The molecule has 2 aromatic rings. The Kier molecular flexibility index (Phi) is 4.55. The molecule has 0 aliphatic heterocycles. The van der Waals surface area contributed by atoms with E-state index in [1.54, 1.807) is 30.3 Å². The van der Waals surface area contributed by atoms with E-state index < -0.39 is 23.7 Å². The minimum absolute atomic E-state index is 0.112. The van der Waals surface area contributed by atoms with Gasteiger partial charge in [-0.25, -0.2) is 9.18 Å². The van der Waals surface area contributed by atoms with Crippen molar-refractivity contribution in [2.75, 3.05) is 0 Å². The van der Waals surface area contributed by atoms with Crippen molar-refractivity contribution in [2.45, 2.75) is 6.04 Å². The van der Waals surface area contributed by atoms with E-state index in [1.165, 1.54) is 12.1 Å². The Hall–Kier alpha value is -2.40. The maximum absolute atomic E-state index is 13.3. The number of carboxylic acid groups (broad SMARTS) is 1. The number of aliphatic carboxylic acids is 1. The Morgan fingerprint density at radius 3 is 2.38 bits per heavy atom. The molecule has 0 fully saturated rings. The van der Waals surface area contributed by atoms with Gasteiger partial charge in [0.15, 0.2) is 6.04 Å². The van der Waals surface area contributed by atoms with Crippen molar-refractivity contribution in [1.82, 2.24) is 5.32 Å². The Bertz CT molecular complexity index is 676. The van der Waals surface area contributed by atoms with Crippen LogP contribution in [-0.4, -0.2) is 17.0 Å². The van der Waals surface area contributed by atoms with Crippen molar-refractivity contribution in [1.29, 1.82) is 0 Å². The Morgan fingerprint density at radius 1 is 1.10 bits per heavy atom. The normalized spacial score (nSPS) is 11.7. The van der Waals surface area contributed by atoms with E-state index in [-0.39, 0.29) is 10.6 Å². The molecule has 6 heteroatoms. The van der Waals surface area contributed by atoms with Gasteiger partial charge in [-0.15, -0.1) is 0 Å². The van der Waals surface area contributed by atoms with Gasteiger partial charge in [0.05, 0.1) is 10.6 Å². The number of carboxylic acids is 1. The zero-order chi connectivity index (χ0) is 15.4. The summed E-state index contributed by atoms with van der Waals surface area (Å²) in [6.07, 6.45) is 0. The van der Waals surface area contributed by atoms with Crippen LogP contribution in [0.5, 0.6) is 0 Å². The monoisotopic (exact) mass is 307 g/mol. The quantitative estimate of drug-likeness (QED) is 0.912. The van der Waals surface area contributed by atoms with Crippen molar-refractivity contribution in [3.8, 4) is 0 Å². The van der Waals surface area contributed by atoms with Gasteiger partial charge in [-0.3, -0.25) is 4.79 Å². The molecule has 0 aliphatic carbocycles. The van der Waals surface area contributed by atoms with Gasteiger partial charge in [0.1, 0.15) is 5.82 Å². The van der Waals surface area contributed by atoms with Crippen LogP contribution in [0.15, 0.2) is 48.5 Å². The van der Waals surface area contributed by atoms with Crippen LogP contribution in [0.4, 0.5) is 4.39 Å². The zero-order valence-corrected chi connectivity index (χ0v) is 11.5. The van der Waals surface area contributed by atoms with E-state index in [4.69, 9.17) is 11.6 Å². The van der Waals surface area contributed by atoms with Gasteiger partial charge in [0, 0.05) is 0 Å². The molecule has 0 saturated heterocycles. The molecule has 2 rings (SSSR count). The average Bonchev–Trinajstić information content (AvgIpc) is 2.48. The summed E-state index contributed by atoms with van der Waals surface area (Å²) in [5.41, 5.74) is 0.296. The molecule has 0 aromatic heterocycles. The molecule has 0 saturated carbocycles. The molecule has 108 valence electrons. The number of carbonyl (C=O) groups excluding carboxylic acids is 1. The SMILES string of the molecule is O=C(NC(C(=O)O)c1ccccc1)c1cccc(F)c1Cl. The van der Waals surface area contributed by atoms with Crippen molar-refractivity contribution in [2.24, 2.45) is 0 Å². The van der Waals surface area contributed by atoms with Gasteiger partial charge in [-0.05, 0) is 17.7 Å². The van der Waals surface area contributed by atoms with Crippen molar-refractivity contribution >= 4 is 23.5 Å². The van der Waals surface area contributed by atoms with Gasteiger partial charge in [0.2, 0.25) is 0 Å². The first-order valence-electron chi connectivity index (χ1n) is 6.03. The summed E-state index contributed by atoms with van der Waals surface area (Å²) >= 11 is 5.71. The number of amides is 1. The maximum atomic E-state index is 13.3. The van der Waals surface area contributed by atoms with Crippen LogP contribution < -0.4 is 5.32 Å². The van der Waals surface area contributed by atoms with E-state index in [0.717, 1.165) is 6.07 Å². The van der Waals surface area contributed by atoms with Crippen LogP contribution in [0.1, 0.15) is 22.0 Å². The first-order chi connectivity index (χ1) is 10.0.